The first-order chi connectivity index (χ1) is 8.99. The number of halogens is 1. The Balaban J connectivity index is 2.81. The minimum atomic E-state index is -3.92. The molecule has 0 bridgehead atoms. The van der Waals surface area contributed by atoms with Gasteiger partial charge in [0.25, 0.3) is 0 Å². The molecule has 0 aliphatic heterocycles. The number of rotatable bonds is 3. The van der Waals surface area contributed by atoms with Crippen LogP contribution in [0.5, 0.6) is 0 Å². The van der Waals surface area contributed by atoms with E-state index in [1.54, 1.807) is 20.8 Å². The summed E-state index contributed by atoms with van der Waals surface area (Å²) in [7, 11) is -3.92. The molecule has 1 amide bonds. The van der Waals surface area contributed by atoms with Crippen LogP contribution in [0.2, 0.25) is 0 Å². The van der Waals surface area contributed by atoms with Crippen molar-refractivity contribution in [1.82, 2.24) is 5.32 Å². The molecular formula is C12H17FN2O4S. The molecule has 1 aromatic rings. The topological polar surface area (TPSA) is 98.5 Å². The highest BCUT2D eigenvalue weighted by Gasteiger charge is 2.17. The number of hydrogen-bond acceptors (Lipinski definition) is 4. The second kappa shape index (κ2) is 5.76. The zero-order chi connectivity index (χ0) is 15.6. The van der Waals surface area contributed by atoms with Gasteiger partial charge in [-0.05, 0) is 39.0 Å². The fraction of sp³-hybridized carbons (Fsp3) is 0.417. The summed E-state index contributed by atoms with van der Waals surface area (Å²) in [6.45, 7) is 4.86. The van der Waals surface area contributed by atoms with E-state index in [0.717, 1.165) is 18.2 Å². The van der Waals surface area contributed by atoms with Crippen molar-refractivity contribution in [2.75, 3.05) is 0 Å². The Morgan fingerprint density at radius 3 is 2.50 bits per heavy atom. The number of carbonyl (C=O) groups is 1. The lowest BCUT2D eigenvalue weighted by molar-refractivity contribution is 0.0523. The van der Waals surface area contributed by atoms with Gasteiger partial charge < -0.3 is 10.1 Å². The lowest BCUT2D eigenvalue weighted by Crippen LogP contribution is -2.32. The van der Waals surface area contributed by atoms with Crippen LogP contribution in [-0.4, -0.2) is 20.1 Å². The molecule has 1 rings (SSSR count). The summed E-state index contributed by atoms with van der Waals surface area (Å²) in [6.07, 6.45) is -0.724. The Morgan fingerprint density at radius 2 is 2.00 bits per heavy atom. The van der Waals surface area contributed by atoms with Gasteiger partial charge in [-0.2, -0.15) is 0 Å². The first-order valence-electron chi connectivity index (χ1n) is 5.77. The largest absolute Gasteiger partial charge is 0.444 e. The van der Waals surface area contributed by atoms with Crippen LogP contribution < -0.4 is 10.5 Å². The molecule has 0 atom stereocenters. The molecule has 0 spiro atoms. The molecule has 0 heterocycles. The van der Waals surface area contributed by atoms with Crippen LogP contribution in [0, 0.1) is 5.82 Å². The lowest BCUT2D eigenvalue weighted by Gasteiger charge is -2.19. The summed E-state index contributed by atoms with van der Waals surface area (Å²) < 4.78 is 40.8. The molecule has 6 nitrogen and oxygen atoms in total. The van der Waals surface area contributed by atoms with Gasteiger partial charge in [-0.3, -0.25) is 0 Å². The zero-order valence-electron chi connectivity index (χ0n) is 11.4. The number of carbonyl (C=O) groups excluding carboxylic acids is 1. The minimum Gasteiger partial charge on any atom is -0.444 e. The van der Waals surface area contributed by atoms with Gasteiger partial charge in [-0.1, -0.05) is 0 Å². The monoisotopic (exact) mass is 304 g/mol. The van der Waals surface area contributed by atoms with Gasteiger partial charge in [-0.25, -0.2) is 22.7 Å². The third-order valence-electron chi connectivity index (χ3n) is 2.17. The molecule has 0 fully saturated rings. The van der Waals surface area contributed by atoms with E-state index in [1.807, 2.05) is 0 Å². The van der Waals surface area contributed by atoms with E-state index in [9.17, 15) is 17.6 Å². The van der Waals surface area contributed by atoms with E-state index >= 15 is 0 Å². The molecule has 3 N–H and O–H groups in total. The van der Waals surface area contributed by atoms with Gasteiger partial charge >= 0.3 is 6.09 Å². The predicted octanol–water partition coefficient (Wildman–Crippen LogP) is 1.50. The van der Waals surface area contributed by atoms with Gasteiger partial charge in [0.15, 0.2) is 0 Å². The number of primary sulfonamides is 1. The number of sulfonamides is 1. The van der Waals surface area contributed by atoms with Crippen LogP contribution in [-0.2, 0) is 21.3 Å². The average molecular weight is 304 g/mol. The molecule has 0 aliphatic rings. The lowest BCUT2D eigenvalue weighted by atomic mass is 10.2. The van der Waals surface area contributed by atoms with Crippen LogP contribution in [0.1, 0.15) is 26.3 Å². The number of alkyl carbamates (subject to hydrolysis) is 1. The third-order valence-corrected chi connectivity index (χ3v) is 3.08. The number of hydrogen-bond donors (Lipinski definition) is 2. The highest BCUT2D eigenvalue weighted by molar-refractivity contribution is 7.89. The smallest absolute Gasteiger partial charge is 0.407 e. The van der Waals surface area contributed by atoms with E-state index in [-0.39, 0.29) is 17.0 Å². The Hall–Kier alpha value is -1.67. The zero-order valence-corrected chi connectivity index (χ0v) is 12.3. The van der Waals surface area contributed by atoms with E-state index in [1.165, 1.54) is 0 Å². The molecule has 8 heteroatoms. The minimum absolute atomic E-state index is 0.00221. The van der Waals surface area contributed by atoms with Crippen LogP contribution in [0.4, 0.5) is 9.18 Å². The van der Waals surface area contributed by atoms with Crippen molar-refractivity contribution in [2.24, 2.45) is 5.14 Å². The molecule has 0 aromatic heterocycles. The van der Waals surface area contributed by atoms with Gasteiger partial charge in [-0.15, -0.1) is 0 Å². The maximum absolute atomic E-state index is 13.5. The molecule has 0 saturated heterocycles. The molecule has 0 saturated carbocycles. The first-order valence-corrected chi connectivity index (χ1v) is 7.32. The number of nitrogens with two attached hydrogens (primary N) is 1. The van der Waals surface area contributed by atoms with Crippen molar-refractivity contribution in [2.45, 2.75) is 37.8 Å². The second-order valence-corrected chi connectivity index (χ2v) is 6.72. The highest BCUT2D eigenvalue weighted by atomic mass is 32.2. The van der Waals surface area contributed by atoms with Gasteiger partial charge in [0.2, 0.25) is 10.0 Å². The number of amides is 1. The summed E-state index contributed by atoms with van der Waals surface area (Å²) in [5, 5.41) is 7.29. The van der Waals surface area contributed by atoms with Crippen molar-refractivity contribution in [1.29, 1.82) is 0 Å². The van der Waals surface area contributed by atoms with Crippen molar-refractivity contribution in [3.63, 3.8) is 0 Å². The van der Waals surface area contributed by atoms with Gasteiger partial charge in [0.05, 0.1) is 4.90 Å². The normalized spacial score (nSPS) is 12.1. The maximum Gasteiger partial charge on any atom is 0.407 e. The predicted molar refractivity (Wildman–Crippen MR) is 70.8 cm³/mol. The van der Waals surface area contributed by atoms with E-state index in [0.29, 0.717) is 0 Å². The van der Waals surface area contributed by atoms with Crippen LogP contribution >= 0.6 is 0 Å². The van der Waals surface area contributed by atoms with Crippen LogP contribution in [0.25, 0.3) is 0 Å². The molecule has 20 heavy (non-hydrogen) atoms. The second-order valence-electron chi connectivity index (χ2n) is 5.15. The Morgan fingerprint density at radius 1 is 1.40 bits per heavy atom. The average Bonchev–Trinajstić information content (AvgIpc) is 2.24. The van der Waals surface area contributed by atoms with Gasteiger partial charge in [0, 0.05) is 12.1 Å². The summed E-state index contributed by atoms with van der Waals surface area (Å²) in [5.74, 6) is -0.645. The molecule has 0 unspecified atom stereocenters. The Kier molecular flexibility index (Phi) is 4.72. The highest BCUT2D eigenvalue weighted by Crippen LogP contribution is 2.14. The molecule has 112 valence electrons. The fourth-order valence-electron chi connectivity index (χ4n) is 1.35. The van der Waals surface area contributed by atoms with Crippen LogP contribution in [0.15, 0.2) is 23.1 Å². The summed E-state index contributed by atoms with van der Waals surface area (Å²) in [4.78, 5) is 11.2. The summed E-state index contributed by atoms with van der Waals surface area (Å²) in [5.41, 5.74) is -0.673. The van der Waals surface area contributed by atoms with E-state index in [2.05, 4.69) is 5.32 Å². The van der Waals surface area contributed by atoms with Crippen molar-refractivity contribution >= 4 is 16.1 Å². The molecule has 1 aromatic carbocycles. The molecule has 0 radical (unpaired) electrons. The van der Waals surface area contributed by atoms with E-state index in [4.69, 9.17) is 9.88 Å². The Labute approximate surface area is 117 Å². The standard InChI is InChI=1S/C12H17FN2O4S/c1-12(2,3)19-11(16)15-7-8-6-9(20(14,17)18)4-5-10(8)13/h4-6H,7H2,1-3H3,(H,15,16)(H2,14,17,18). The maximum atomic E-state index is 13.5. The quantitative estimate of drug-likeness (QED) is 0.884. The third kappa shape index (κ3) is 5.14. The number of benzene rings is 1. The fourth-order valence-corrected chi connectivity index (χ4v) is 1.91. The van der Waals surface area contributed by atoms with Crippen molar-refractivity contribution < 1.29 is 22.3 Å². The molecular weight excluding hydrogens is 287 g/mol. The number of ether oxygens (including phenoxy) is 1. The van der Waals surface area contributed by atoms with Crippen molar-refractivity contribution in [3.8, 4) is 0 Å². The van der Waals surface area contributed by atoms with Crippen LogP contribution in [0.3, 0.4) is 0 Å². The summed E-state index contributed by atoms with van der Waals surface area (Å²) >= 11 is 0. The first kappa shape index (κ1) is 16.4. The van der Waals surface area contributed by atoms with Gasteiger partial charge in [0.1, 0.15) is 11.4 Å². The Bertz CT molecular complexity index is 608. The van der Waals surface area contributed by atoms with E-state index < -0.39 is 27.5 Å². The summed E-state index contributed by atoms with van der Waals surface area (Å²) in [6, 6.07) is 3.11. The SMILES string of the molecule is CC(C)(C)OC(=O)NCc1cc(S(N)(=O)=O)ccc1F. The molecule has 0 aliphatic carbocycles. The van der Waals surface area contributed by atoms with Crippen molar-refractivity contribution in [3.05, 3.63) is 29.6 Å². The number of nitrogens with one attached hydrogen (secondary N) is 1.